The first-order valence-corrected chi connectivity index (χ1v) is 10.4. The first-order valence-electron chi connectivity index (χ1n) is 9.98. The monoisotopic (exact) mass is 433 g/mol. The van der Waals surface area contributed by atoms with E-state index in [1.54, 1.807) is 19.1 Å². The fourth-order valence-corrected chi connectivity index (χ4v) is 3.20. The number of aliphatic carboxylic acids is 1. The number of benzene rings is 2. The van der Waals surface area contributed by atoms with Gasteiger partial charge in [0.2, 0.25) is 5.91 Å². The van der Waals surface area contributed by atoms with Gasteiger partial charge >= 0.3 is 5.97 Å². The van der Waals surface area contributed by atoms with E-state index in [2.05, 4.69) is 5.32 Å². The third-order valence-electron chi connectivity index (χ3n) is 4.42. The van der Waals surface area contributed by atoms with Crippen molar-refractivity contribution in [2.75, 3.05) is 13.2 Å². The van der Waals surface area contributed by atoms with Gasteiger partial charge in [-0.1, -0.05) is 35.9 Å². The number of nitrogens with one attached hydrogen (secondary N) is 1. The van der Waals surface area contributed by atoms with E-state index in [1.165, 1.54) is 0 Å². The summed E-state index contributed by atoms with van der Waals surface area (Å²) >= 11 is 5.96. The molecule has 7 heteroatoms. The highest BCUT2D eigenvalue weighted by Gasteiger charge is 2.18. The Hall–Kier alpha value is -2.57. The van der Waals surface area contributed by atoms with Crippen molar-refractivity contribution >= 4 is 23.5 Å². The van der Waals surface area contributed by atoms with E-state index in [9.17, 15) is 9.59 Å². The molecule has 0 bridgehead atoms. The van der Waals surface area contributed by atoms with Crippen molar-refractivity contribution in [1.29, 1.82) is 0 Å². The topological polar surface area (TPSA) is 84.9 Å². The number of carboxylic acid groups (broad SMARTS) is 1. The number of amides is 1. The van der Waals surface area contributed by atoms with E-state index in [1.807, 2.05) is 43.3 Å². The largest absolute Gasteiger partial charge is 0.490 e. The zero-order chi connectivity index (χ0) is 21.9. The molecule has 0 fully saturated rings. The Kier molecular flexibility index (Phi) is 9.64. The molecule has 0 heterocycles. The molecule has 162 valence electrons. The van der Waals surface area contributed by atoms with Crippen LogP contribution in [0.25, 0.3) is 0 Å². The highest BCUT2D eigenvalue weighted by atomic mass is 35.5. The second kappa shape index (κ2) is 12.2. The maximum Gasteiger partial charge on any atom is 0.333 e. The summed E-state index contributed by atoms with van der Waals surface area (Å²) in [5.74, 6) is -0.435. The molecule has 2 N–H and O–H groups in total. The Labute approximate surface area is 182 Å². The Balaban J connectivity index is 1.75. The van der Waals surface area contributed by atoms with Crippen LogP contribution in [-0.2, 0) is 27.2 Å². The van der Waals surface area contributed by atoms with Gasteiger partial charge in [-0.2, -0.15) is 0 Å². The maximum atomic E-state index is 12.1. The third-order valence-corrected chi connectivity index (χ3v) is 4.66. The fourth-order valence-electron chi connectivity index (χ4n) is 2.98. The van der Waals surface area contributed by atoms with Gasteiger partial charge < -0.3 is 19.9 Å². The molecule has 0 aliphatic rings. The van der Waals surface area contributed by atoms with Crippen LogP contribution in [0.15, 0.2) is 48.5 Å². The minimum atomic E-state index is -0.979. The van der Waals surface area contributed by atoms with Crippen LogP contribution in [-0.4, -0.2) is 42.3 Å². The molecule has 1 unspecified atom stereocenters. The summed E-state index contributed by atoms with van der Waals surface area (Å²) in [6.07, 6.45) is 0.0762. The first kappa shape index (κ1) is 23.7. The van der Waals surface area contributed by atoms with E-state index in [0.29, 0.717) is 30.3 Å². The molecule has 2 aromatic rings. The Morgan fingerprint density at radius 3 is 2.50 bits per heavy atom. The van der Waals surface area contributed by atoms with Gasteiger partial charge in [0.05, 0.1) is 6.42 Å². The van der Waals surface area contributed by atoms with Crippen LogP contribution in [0.2, 0.25) is 5.02 Å². The van der Waals surface area contributed by atoms with Crippen molar-refractivity contribution in [1.82, 2.24) is 5.32 Å². The summed E-state index contributed by atoms with van der Waals surface area (Å²) in [5, 5.41) is 12.7. The van der Waals surface area contributed by atoms with Crippen LogP contribution in [0.5, 0.6) is 5.75 Å². The first-order chi connectivity index (χ1) is 14.4. The molecule has 0 spiro atoms. The summed E-state index contributed by atoms with van der Waals surface area (Å²) in [7, 11) is 0. The number of hydrogen-bond donors (Lipinski definition) is 2. The van der Waals surface area contributed by atoms with Crippen LogP contribution >= 0.6 is 11.6 Å². The summed E-state index contributed by atoms with van der Waals surface area (Å²) < 4.78 is 11.0. The Morgan fingerprint density at radius 1 is 1.13 bits per heavy atom. The number of halogens is 1. The molecule has 1 amide bonds. The molecule has 0 saturated carbocycles. The second-order valence-electron chi connectivity index (χ2n) is 6.99. The summed E-state index contributed by atoms with van der Waals surface area (Å²) in [5.41, 5.74) is 1.91. The average molecular weight is 434 g/mol. The van der Waals surface area contributed by atoms with E-state index in [-0.39, 0.29) is 24.9 Å². The van der Waals surface area contributed by atoms with Gasteiger partial charge in [-0.15, -0.1) is 0 Å². The number of rotatable bonds is 12. The highest BCUT2D eigenvalue weighted by molar-refractivity contribution is 6.30. The van der Waals surface area contributed by atoms with Crippen LogP contribution in [0.1, 0.15) is 31.4 Å². The van der Waals surface area contributed by atoms with Crippen molar-refractivity contribution in [2.24, 2.45) is 0 Å². The summed E-state index contributed by atoms with van der Waals surface area (Å²) in [6.45, 7) is 4.48. The van der Waals surface area contributed by atoms with Gasteiger partial charge in [0, 0.05) is 24.6 Å². The molecule has 30 heavy (non-hydrogen) atoms. The Bertz CT molecular complexity index is 825. The SMILES string of the molecule is CCO[C@@H](Cc1ccc(OC(C)CC(=O)NCCc2cccc(Cl)c2)cc1)C(=O)O. The lowest BCUT2D eigenvalue weighted by molar-refractivity contribution is -0.150. The second-order valence-corrected chi connectivity index (χ2v) is 7.43. The molecule has 0 radical (unpaired) electrons. The van der Waals surface area contributed by atoms with E-state index in [4.69, 9.17) is 26.2 Å². The van der Waals surface area contributed by atoms with E-state index in [0.717, 1.165) is 11.1 Å². The third kappa shape index (κ3) is 8.43. The lowest BCUT2D eigenvalue weighted by atomic mass is 10.1. The smallest absolute Gasteiger partial charge is 0.333 e. The zero-order valence-corrected chi connectivity index (χ0v) is 18.0. The van der Waals surface area contributed by atoms with Gasteiger partial charge in [-0.25, -0.2) is 4.79 Å². The molecule has 0 aliphatic heterocycles. The predicted octanol–water partition coefficient (Wildman–Crippen LogP) is 3.89. The van der Waals surface area contributed by atoms with Crippen molar-refractivity contribution in [2.45, 2.75) is 45.3 Å². The zero-order valence-electron chi connectivity index (χ0n) is 17.3. The van der Waals surface area contributed by atoms with Crippen LogP contribution in [0, 0.1) is 0 Å². The molecule has 2 rings (SSSR count). The molecular weight excluding hydrogens is 406 g/mol. The Morgan fingerprint density at radius 2 is 1.87 bits per heavy atom. The quantitative estimate of drug-likeness (QED) is 0.530. The van der Waals surface area contributed by atoms with Crippen LogP contribution in [0.3, 0.4) is 0 Å². The predicted molar refractivity (Wildman–Crippen MR) is 116 cm³/mol. The average Bonchev–Trinajstić information content (AvgIpc) is 2.69. The fraction of sp³-hybridized carbons (Fsp3) is 0.391. The maximum absolute atomic E-state index is 12.1. The minimum absolute atomic E-state index is 0.0813. The van der Waals surface area contributed by atoms with E-state index < -0.39 is 12.1 Å². The van der Waals surface area contributed by atoms with Crippen molar-refractivity contribution in [3.63, 3.8) is 0 Å². The highest BCUT2D eigenvalue weighted by Crippen LogP contribution is 2.17. The molecule has 0 aromatic heterocycles. The molecule has 6 nitrogen and oxygen atoms in total. The molecule has 2 atom stereocenters. The van der Waals surface area contributed by atoms with Crippen molar-refractivity contribution < 1.29 is 24.2 Å². The lowest BCUT2D eigenvalue weighted by Gasteiger charge is -2.16. The van der Waals surface area contributed by atoms with Gasteiger partial charge in [0.1, 0.15) is 11.9 Å². The molecule has 2 aromatic carbocycles. The van der Waals surface area contributed by atoms with Gasteiger partial charge in [-0.3, -0.25) is 4.79 Å². The number of carboxylic acids is 1. The molecular formula is C23H28ClNO5. The summed E-state index contributed by atoms with van der Waals surface area (Å²) in [6, 6.07) is 14.7. The van der Waals surface area contributed by atoms with Gasteiger partial charge in [0.25, 0.3) is 0 Å². The van der Waals surface area contributed by atoms with Crippen LogP contribution in [0.4, 0.5) is 0 Å². The van der Waals surface area contributed by atoms with Crippen molar-refractivity contribution in [3.05, 3.63) is 64.7 Å². The van der Waals surface area contributed by atoms with Gasteiger partial charge in [-0.05, 0) is 55.7 Å². The summed E-state index contributed by atoms with van der Waals surface area (Å²) in [4.78, 5) is 23.3. The lowest BCUT2D eigenvalue weighted by Crippen LogP contribution is -2.30. The molecule has 0 aliphatic carbocycles. The molecule has 0 saturated heterocycles. The number of carbonyl (C=O) groups is 2. The number of carbonyl (C=O) groups excluding carboxylic acids is 1. The normalized spacial score (nSPS) is 12.8. The van der Waals surface area contributed by atoms with E-state index >= 15 is 0 Å². The van der Waals surface area contributed by atoms with Gasteiger partial charge in [0.15, 0.2) is 6.10 Å². The van der Waals surface area contributed by atoms with Crippen molar-refractivity contribution in [3.8, 4) is 5.75 Å². The standard InChI is InChI=1S/C23H28ClNO5/c1-3-29-21(23(27)28)15-18-7-9-20(10-8-18)30-16(2)13-22(26)25-12-11-17-5-4-6-19(24)14-17/h4-10,14,16,21H,3,11-13,15H2,1-2H3,(H,25,26)(H,27,28)/t16?,21-/m0/s1. The van der Waals surface area contributed by atoms with Crippen LogP contribution < -0.4 is 10.1 Å². The minimum Gasteiger partial charge on any atom is -0.490 e. The number of hydrogen-bond acceptors (Lipinski definition) is 4. The number of ether oxygens (including phenoxy) is 2.